The first-order valence-corrected chi connectivity index (χ1v) is 8.71. The molecule has 0 N–H and O–H groups in total. The zero-order valence-electron chi connectivity index (χ0n) is 13.4. The third-order valence-electron chi connectivity index (χ3n) is 4.88. The van der Waals surface area contributed by atoms with Crippen LogP contribution in [0.5, 0.6) is 0 Å². The predicted molar refractivity (Wildman–Crippen MR) is 94.5 cm³/mol. The van der Waals surface area contributed by atoms with Gasteiger partial charge in [0.15, 0.2) is 0 Å². The van der Waals surface area contributed by atoms with Gasteiger partial charge in [-0.1, -0.05) is 17.7 Å². The molecule has 0 saturated carbocycles. The van der Waals surface area contributed by atoms with Crippen LogP contribution >= 0.6 is 11.6 Å². The number of carbonyl (C=O) groups excluding carboxylic acids is 1. The van der Waals surface area contributed by atoms with Gasteiger partial charge in [-0.25, -0.2) is 4.98 Å². The third kappa shape index (κ3) is 2.73. The molecule has 1 aromatic carbocycles. The van der Waals surface area contributed by atoms with Crippen LogP contribution in [0.1, 0.15) is 18.4 Å². The summed E-state index contributed by atoms with van der Waals surface area (Å²) < 4.78 is 0. The zero-order chi connectivity index (χ0) is 16.5. The largest absolute Gasteiger partial charge is 0.355 e. The number of piperidine rings is 1. The first-order valence-electron chi connectivity index (χ1n) is 8.34. The van der Waals surface area contributed by atoms with Crippen LogP contribution in [0.4, 0.5) is 11.5 Å². The van der Waals surface area contributed by atoms with Crippen molar-refractivity contribution in [3.63, 3.8) is 0 Å². The molecule has 1 amide bonds. The van der Waals surface area contributed by atoms with E-state index in [0.29, 0.717) is 6.54 Å². The fraction of sp³-hybridized carbons (Fsp3) is 0.389. The molecule has 2 aromatic rings. The lowest BCUT2D eigenvalue weighted by Crippen LogP contribution is -2.44. The Balaban J connectivity index is 1.53. The smallest absolute Gasteiger partial charge is 0.231 e. The summed E-state index contributed by atoms with van der Waals surface area (Å²) in [4.78, 5) is 25.6. The van der Waals surface area contributed by atoms with Crippen LogP contribution < -0.4 is 9.80 Å². The van der Waals surface area contributed by atoms with E-state index in [-0.39, 0.29) is 11.8 Å². The molecule has 0 spiro atoms. The van der Waals surface area contributed by atoms with Gasteiger partial charge in [-0.05, 0) is 37.0 Å². The molecule has 1 fully saturated rings. The van der Waals surface area contributed by atoms with Crippen molar-refractivity contribution in [3.05, 3.63) is 47.4 Å². The summed E-state index contributed by atoms with van der Waals surface area (Å²) in [7, 11) is 0. The minimum Gasteiger partial charge on any atom is -0.355 e. The molecule has 0 radical (unpaired) electrons. The van der Waals surface area contributed by atoms with Gasteiger partial charge in [0.05, 0.1) is 12.1 Å². The van der Waals surface area contributed by atoms with Crippen LogP contribution in [-0.4, -0.2) is 35.5 Å². The van der Waals surface area contributed by atoms with Crippen LogP contribution in [0.2, 0.25) is 5.02 Å². The van der Waals surface area contributed by atoms with Gasteiger partial charge in [0, 0.05) is 42.7 Å². The lowest BCUT2D eigenvalue weighted by Gasteiger charge is -2.34. The number of fused-ring (bicyclic) bond motifs is 1. The number of anilines is 2. The van der Waals surface area contributed by atoms with Crippen LogP contribution in [0.3, 0.4) is 0 Å². The fourth-order valence-electron chi connectivity index (χ4n) is 3.68. The quantitative estimate of drug-likeness (QED) is 0.842. The van der Waals surface area contributed by atoms with Crippen LogP contribution in [0, 0.1) is 5.92 Å². The highest BCUT2D eigenvalue weighted by Gasteiger charge is 2.33. The van der Waals surface area contributed by atoms with Crippen molar-refractivity contribution < 1.29 is 4.79 Å². The molecule has 0 aliphatic carbocycles. The second-order valence-electron chi connectivity index (χ2n) is 6.33. The minimum absolute atomic E-state index is 0.00862. The van der Waals surface area contributed by atoms with Gasteiger partial charge in [-0.3, -0.25) is 9.78 Å². The zero-order valence-corrected chi connectivity index (χ0v) is 14.1. The Kier molecular flexibility index (Phi) is 4.10. The Labute approximate surface area is 146 Å². The molecular weight excluding hydrogens is 324 g/mol. The van der Waals surface area contributed by atoms with E-state index >= 15 is 0 Å². The number of carbonyl (C=O) groups is 1. The maximum atomic E-state index is 13.1. The molecule has 3 heterocycles. The normalized spacial score (nSPS) is 20.1. The molecule has 1 saturated heterocycles. The minimum atomic E-state index is -0.00862. The molecule has 0 unspecified atom stereocenters. The molecule has 24 heavy (non-hydrogen) atoms. The highest BCUT2D eigenvalue weighted by Crippen LogP contribution is 2.35. The number of nitrogens with zero attached hydrogens (tertiary/aromatic N) is 4. The first-order chi connectivity index (χ1) is 11.7. The van der Waals surface area contributed by atoms with Crippen molar-refractivity contribution in [2.75, 3.05) is 29.4 Å². The summed E-state index contributed by atoms with van der Waals surface area (Å²) in [5, 5.41) is 0.757. The molecular formula is C18H19ClN4O. The molecule has 1 aromatic heterocycles. The number of benzene rings is 1. The maximum absolute atomic E-state index is 13.1. The van der Waals surface area contributed by atoms with Crippen molar-refractivity contribution >= 4 is 29.0 Å². The van der Waals surface area contributed by atoms with Crippen molar-refractivity contribution in [3.8, 4) is 0 Å². The maximum Gasteiger partial charge on any atom is 0.231 e. The Hall–Kier alpha value is -2.14. The highest BCUT2D eigenvalue weighted by atomic mass is 35.5. The van der Waals surface area contributed by atoms with Crippen molar-refractivity contribution in [1.29, 1.82) is 0 Å². The topological polar surface area (TPSA) is 49.3 Å². The molecule has 5 nitrogen and oxygen atoms in total. The van der Waals surface area contributed by atoms with Crippen molar-refractivity contribution in [2.24, 2.45) is 5.92 Å². The number of halogens is 1. The average molecular weight is 343 g/mol. The lowest BCUT2D eigenvalue weighted by atomic mass is 9.96. The van der Waals surface area contributed by atoms with E-state index in [9.17, 15) is 4.79 Å². The summed E-state index contributed by atoms with van der Waals surface area (Å²) in [6.07, 6.45) is 7.87. The van der Waals surface area contributed by atoms with Gasteiger partial charge in [0.1, 0.15) is 5.82 Å². The Morgan fingerprint density at radius 3 is 3.00 bits per heavy atom. The Bertz CT molecular complexity index is 752. The van der Waals surface area contributed by atoms with E-state index in [1.165, 1.54) is 0 Å². The van der Waals surface area contributed by atoms with Gasteiger partial charge >= 0.3 is 0 Å². The Morgan fingerprint density at radius 1 is 1.25 bits per heavy atom. The van der Waals surface area contributed by atoms with Gasteiger partial charge in [-0.2, -0.15) is 0 Å². The monoisotopic (exact) mass is 342 g/mol. The van der Waals surface area contributed by atoms with Crippen LogP contribution in [0.15, 0.2) is 36.8 Å². The number of rotatable bonds is 2. The first kappa shape index (κ1) is 15.4. The number of amides is 1. The second-order valence-corrected chi connectivity index (χ2v) is 6.73. The molecule has 2 aliphatic heterocycles. The summed E-state index contributed by atoms with van der Waals surface area (Å²) in [6, 6.07) is 5.81. The third-order valence-corrected chi connectivity index (χ3v) is 5.23. The van der Waals surface area contributed by atoms with E-state index in [2.05, 4.69) is 14.9 Å². The van der Waals surface area contributed by atoms with E-state index in [0.717, 1.165) is 54.4 Å². The number of hydrogen-bond acceptors (Lipinski definition) is 4. The lowest BCUT2D eigenvalue weighted by molar-refractivity contribution is -0.122. The molecule has 4 rings (SSSR count). The second kappa shape index (κ2) is 6.40. The van der Waals surface area contributed by atoms with E-state index in [1.54, 1.807) is 18.6 Å². The summed E-state index contributed by atoms with van der Waals surface area (Å²) >= 11 is 6.27. The van der Waals surface area contributed by atoms with E-state index in [1.807, 2.05) is 23.1 Å². The molecule has 2 aliphatic rings. The van der Waals surface area contributed by atoms with Gasteiger partial charge in [0.2, 0.25) is 5.91 Å². The predicted octanol–water partition coefficient (Wildman–Crippen LogP) is 2.94. The van der Waals surface area contributed by atoms with Gasteiger partial charge in [0.25, 0.3) is 0 Å². The van der Waals surface area contributed by atoms with Crippen molar-refractivity contribution in [2.45, 2.75) is 19.3 Å². The Morgan fingerprint density at radius 2 is 2.17 bits per heavy atom. The standard InChI is InChI=1S/C18H19ClN4O/c19-15-4-1-5-16-14(15)6-10-23(16)18(24)13-3-2-9-22(12-13)17-11-20-7-8-21-17/h1,4-5,7-8,11,13H,2-3,6,9-10,12H2/t13-/m1/s1. The van der Waals surface area contributed by atoms with Crippen molar-refractivity contribution in [1.82, 2.24) is 9.97 Å². The molecule has 1 atom stereocenters. The fourth-order valence-corrected chi connectivity index (χ4v) is 3.95. The average Bonchev–Trinajstić information content (AvgIpc) is 3.07. The number of aromatic nitrogens is 2. The molecule has 124 valence electrons. The van der Waals surface area contributed by atoms with Gasteiger partial charge in [-0.15, -0.1) is 0 Å². The molecule has 6 heteroatoms. The summed E-state index contributed by atoms with van der Waals surface area (Å²) in [6.45, 7) is 2.34. The summed E-state index contributed by atoms with van der Waals surface area (Å²) in [5.41, 5.74) is 2.07. The highest BCUT2D eigenvalue weighted by molar-refractivity contribution is 6.32. The summed E-state index contributed by atoms with van der Waals surface area (Å²) in [5.74, 6) is 1.04. The van der Waals surface area contributed by atoms with E-state index < -0.39 is 0 Å². The number of hydrogen-bond donors (Lipinski definition) is 0. The van der Waals surface area contributed by atoms with Crippen LogP contribution in [-0.2, 0) is 11.2 Å². The SMILES string of the molecule is O=C([C@@H]1CCCN(c2cnccn2)C1)N1CCc2c(Cl)cccc21. The van der Waals surface area contributed by atoms with E-state index in [4.69, 9.17) is 11.6 Å². The molecule has 0 bridgehead atoms. The van der Waals surface area contributed by atoms with Crippen LogP contribution in [0.25, 0.3) is 0 Å². The van der Waals surface area contributed by atoms with Gasteiger partial charge < -0.3 is 9.80 Å².